The van der Waals surface area contributed by atoms with Gasteiger partial charge in [0.05, 0.1) is 12.2 Å². The number of benzene rings is 1. The predicted molar refractivity (Wildman–Crippen MR) is 130 cm³/mol. The fourth-order valence-corrected chi connectivity index (χ4v) is 5.79. The van der Waals surface area contributed by atoms with Crippen LogP contribution in [0.1, 0.15) is 63.0 Å². The van der Waals surface area contributed by atoms with E-state index in [1.165, 1.54) is 5.56 Å². The number of fused-ring (bicyclic) bond motifs is 2. The number of carbonyl (C=O) groups is 1. The minimum Gasteiger partial charge on any atom is -0.483 e. The van der Waals surface area contributed by atoms with Gasteiger partial charge in [-0.1, -0.05) is 38.3 Å². The van der Waals surface area contributed by atoms with Crippen molar-refractivity contribution in [1.82, 2.24) is 10.2 Å². The average Bonchev–Trinajstić information content (AvgIpc) is 3.14. The van der Waals surface area contributed by atoms with Crippen LogP contribution in [0.2, 0.25) is 0 Å². The van der Waals surface area contributed by atoms with Gasteiger partial charge < -0.3 is 20.3 Å². The highest BCUT2D eigenvalue weighted by Gasteiger charge is 2.44. The number of aromatic nitrogens is 2. The molecule has 2 aromatic rings. The fourth-order valence-electron chi connectivity index (χ4n) is 5.79. The largest absolute Gasteiger partial charge is 0.483 e. The molecule has 1 aromatic heterocycles. The number of nitrogens with zero attached hydrogens (tertiary/aromatic N) is 2. The van der Waals surface area contributed by atoms with Crippen molar-refractivity contribution < 1.29 is 19.7 Å². The standard InChI is InChI=1S/C27H37N3O4/c1-2-3-4-8-20(31)11-12-21-22-14-18-7-5-9-25(23(18)15-19(22)16-24(21)32)34-17-27(33)29-26-10-6-13-28-30-26/h5-7,9-10,13,19-22,24,31-32H,2-4,8,11-12,14-17H2,1H3,(H,29,30,33)/t19-,20-,21+,22-,24+/m0/s1. The summed E-state index contributed by atoms with van der Waals surface area (Å²) < 4.78 is 5.91. The second kappa shape index (κ2) is 11.8. The summed E-state index contributed by atoms with van der Waals surface area (Å²) in [5, 5.41) is 31.5. The number of nitrogens with one attached hydrogen (secondary N) is 1. The van der Waals surface area contributed by atoms with Gasteiger partial charge in [-0.2, -0.15) is 5.10 Å². The van der Waals surface area contributed by atoms with Gasteiger partial charge in [0.2, 0.25) is 0 Å². The summed E-state index contributed by atoms with van der Waals surface area (Å²) >= 11 is 0. The molecule has 0 saturated heterocycles. The maximum absolute atomic E-state index is 12.3. The van der Waals surface area contributed by atoms with Gasteiger partial charge >= 0.3 is 0 Å². The first kappa shape index (κ1) is 24.6. The van der Waals surface area contributed by atoms with Crippen LogP contribution < -0.4 is 10.1 Å². The third kappa shape index (κ3) is 6.13. The van der Waals surface area contributed by atoms with E-state index >= 15 is 0 Å². The minimum absolute atomic E-state index is 0.0949. The number of anilines is 1. The number of hydrogen-bond acceptors (Lipinski definition) is 6. The predicted octanol–water partition coefficient (Wildman–Crippen LogP) is 3.93. The van der Waals surface area contributed by atoms with Gasteiger partial charge in [0.25, 0.3) is 5.91 Å². The van der Waals surface area contributed by atoms with Crippen LogP contribution in [0.3, 0.4) is 0 Å². The molecule has 0 radical (unpaired) electrons. The smallest absolute Gasteiger partial charge is 0.263 e. The van der Waals surface area contributed by atoms with Crippen LogP contribution in [0.25, 0.3) is 0 Å². The molecule has 4 rings (SSSR count). The summed E-state index contributed by atoms with van der Waals surface area (Å²) in [6.07, 6.45) is 9.45. The number of ether oxygens (including phenoxy) is 1. The van der Waals surface area contributed by atoms with Crippen molar-refractivity contribution in [3.05, 3.63) is 47.7 Å². The van der Waals surface area contributed by atoms with Crippen molar-refractivity contribution in [2.75, 3.05) is 11.9 Å². The summed E-state index contributed by atoms with van der Waals surface area (Å²) in [5.74, 6) is 1.94. The topological polar surface area (TPSA) is 105 Å². The molecule has 0 bridgehead atoms. The van der Waals surface area contributed by atoms with E-state index in [2.05, 4.69) is 28.5 Å². The summed E-state index contributed by atoms with van der Waals surface area (Å²) in [7, 11) is 0. The molecule has 1 amide bonds. The molecule has 1 saturated carbocycles. The zero-order valence-corrected chi connectivity index (χ0v) is 20.0. The normalized spacial score (nSPS) is 24.2. The number of aliphatic hydroxyl groups excluding tert-OH is 2. The molecule has 7 nitrogen and oxygen atoms in total. The molecule has 0 aliphatic heterocycles. The van der Waals surface area contributed by atoms with Crippen LogP contribution in [0, 0.1) is 17.8 Å². The zero-order valence-electron chi connectivity index (χ0n) is 20.0. The van der Waals surface area contributed by atoms with Crippen LogP contribution in [-0.2, 0) is 17.6 Å². The highest BCUT2D eigenvalue weighted by atomic mass is 16.5. The maximum atomic E-state index is 12.3. The Morgan fingerprint density at radius 3 is 2.88 bits per heavy atom. The maximum Gasteiger partial charge on any atom is 0.263 e. The Morgan fingerprint density at radius 1 is 1.21 bits per heavy atom. The Labute approximate surface area is 202 Å². The number of carbonyl (C=O) groups excluding carboxylic acids is 1. The summed E-state index contributed by atoms with van der Waals surface area (Å²) in [6, 6.07) is 9.43. The Balaban J connectivity index is 1.34. The van der Waals surface area contributed by atoms with Crippen LogP contribution in [0.15, 0.2) is 36.5 Å². The lowest BCUT2D eigenvalue weighted by atomic mass is 9.73. The number of unbranched alkanes of at least 4 members (excludes halogenated alkanes) is 2. The molecule has 0 unspecified atom stereocenters. The molecule has 3 N–H and O–H groups in total. The highest BCUT2D eigenvalue weighted by molar-refractivity contribution is 5.90. The third-order valence-corrected chi connectivity index (χ3v) is 7.52. The monoisotopic (exact) mass is 467 g/mol. The van der Waals surface area contributed by atoms with Crippen LogP contribution >= 0.6 is 0 Å². The van der Waals surface area contributed by atoms with Gasteiger partial charge in [0, 0.05) is 6.20 Å². The van der Waals surface area contributed by atoms with Crippen LogP contribution in [0.5, 0.6) is 5.75 Å². The van der Waals surface area contributed by atoms with Gasteiger partial charge in [0.1, 0.15) is 5.75 Å². The molecule has 7 heteroatoms. The van der Waals surface area contributed by atoms with E-state index in [1.54, 1.807) is 18.3 Å². The quantitative estimate of drug-likeness (QED) is 0.433. The first-order valence-corrected chi connectivity index (χ1v) is 12.7. The van der Waals surface area contributed by atoms with Gasteiger partial charge in [0.15, 0.2) is 12.4 Å². The fraction of sp³-hybridized carbons (Fsp3) is 0.593. The molecule has 1 heterocycles. The molecule has 2 aliphatic rings. The van der Waals surface area contributed by atoms with Crippen molar-refractivity contribution >= 4 is 11.7 Å². The van der Waals surface area contributed by atoms with Gasteiger partial charge in [-0.15, -0.1) is 5.10 Å². The number of hydrogen-bond donors (Lipinski definition) is 3. The summed E-state index contributed by atoms with van der Waals surface area (Å²) in [4.78, 5) is 12.3. The molecule has 1 aromatic carbocycles. The Morgan fingerprint density at radius 2 is 2.09 bits per heavy atom. The molecule has 184 valence electrons. The molecule has 34 heavy (non-hydrogen) atoms. The van der Waals surface area contributed by atoms with E-state index in [0.29, 0.717) is 17.7 Å². The Bertz CT molecular complexity index is 939. The third-order valence-electron chi connectivity index (χ3n) is 7.52. The highest BCUT2D eigenvalue weighted by Crippen LogP contribution is 2.48. The van der Waals surface area contributed by atoms with E-state index in [4.69, 9.17) is 4.74 Å². The van der Waals surface area contributed by atoms with Gasteiger partial charge in [-0.3, -0.25) is 4.79 Å². The molecular weight excluding hydrogens is 430 g/mol. The van der Waals surface area contributed by atoms with Crippen molar-refractivity contribution in [3.8, 4) is 5.75 Å². The lowest BCUT2D eigenvalue weighted by Gasteiger charge is -2.32. The summed E-state index contributed by atoms with van der Waals surface area (Å²) in [6.45, 7) is 2.08. The second-order valence-corrected chi connectivity index (χ2v) is 9.87. The Hall–Kier alpha value is -2.51. The Kier molecular flexibility index (Phi) is 8.51. The lowest BCUT2D eigenvalue weighted by molar-refractivity contribution is -0.118. The number of rotatable bonds is 11. The van der Waals surface area contributed by atoms with E-state index in [-0.39, 0.29) is 30.6 Å². The van der Waals surface area contributed by atoms with Gasteiger partial charge in [-0.25, -0.2) is 0 Å². The van der Waals surface area contributed by atoms with Crippen molar-refractivity contribution in [2.45, 2.75) is 76.9 Å². The van der Waals surface area contributed by atoms with E-state index in [9.17, 15) is 15.0 Å². The molecular formula is C27H37N3O4. The second-order valence-electron chi connectivity index (χ2n) is 9.87. The molecule has 2 aliphatic carbocycles. The SMILES string of the molecule is CCCCC[C@H](O)CC[C@@H]1[C@H]2Cc3cccc(OCC(=O)Nc4cccnn4)c3C[C@H]2C[C@H]1O. The lowest BCUT2D eigenvalue weighted by Crippen LogP contribution is -2.28. The van der Waals surface area contributed by atoms with Crippen LogP contribution in [0.4, 0.5) is 5.82 Å². The van der Waals surface area contributed by atoms with Crippen molar-refractivity contribution in [1.29, 1.82) is 0 Å². The van der Waals surface area contributed by atoms with E-state index in [0.717, 1.165) is 69.1 Å². The first-order valence-electron chi connectivity index (χ1n) is 12.7. The van der Waals surface area contributed by atoms with Crippen molar-refractivity contribution in [3.63, 3.8) is 0 Å². The van der Waals surface area contributed by atoms with E-state index < -0.39 is 0 Å². The van der Waals surface area contributed by atoms with Crippen molar-refractivity contribution in [2.24, 2.45) is 17.8 Å². The first-order chi connectivity index (χ1) is 16.5. The molecule has 1 fully saturated rings. The molecule has 5 atom stereocenters. The van der Waals surface area contributed by atoms with E-state index in [1.807, 2.05) is 12.1 Å². The van der Waals surface area contributed by atoms with Gasteiger partial charge in [-0.05, 0) is 85.6 Å². The number of amides is 1. The average molecular weight is 468 g/mol. The molecule has 0 spiro atoms. The summed E-state index contributed by atoms with van der Waals surface area (Å²) in [5.41, 5.74) is 2.40. The van der Waals surface area contributed by atoms with Crippen LogP contribution in [-0.4, -0.2) is 45.1 Å². The minimum atomic E-state index is -0.311. The zero-order chi connectivity index (χ0) is 23.9. The number of aliphatic hydroxyl groups is 2.